The van der Waals surface area contributed by atoms with E-state index in [1.807, 2.05) is 54.6 Å². The second kappa shape index (κ2) is 9.14. The maximum Gasteiger partial charge on any atom is 0.281 e. The van der Waals surface area contributed by atoms with Gasteiger partial charge in [0.1, 0.15) is 15.6 Å². The second-order valence-corrected chi connectivity index (χ2v) is 7.15. The number of carbonyl (C=O) groups is 2. The predicted octanol–water partition coefficient (Wildman–Crippen LogP) is 3.52. The first-order valence-electron chi connectivity index (χ1n) is 8.82. The molecule has 0 saturated carbocycles. The number of hydrazine groups is 1. The number of rotatable bonds is 6. The normalized spacial score (nSPS) is 10.4. The lowest BCUT2D eigenvalue weighted by Crippen LogP contribution is -2.41. The molecule has 0 bridgehead atoms. The van der Waals surface area contributed by atoms with E-state index in [1.54, 1.807) is 14.0 Å². The lowest BCUT2D eigenvalue weighted by atomic mass is 10.1. The SMILES string of the molecule is COc1cccc(CCC(=O)NNC(=O)c2sc(-c3ccccc3)nc2C)c1. The summed E-state index contributed by atoms with van der Waals surface area (Å²) in [5.74, 6) is 0.120. The van der Waals surface area contributed by atoms with Crippen molar-refractivity contribution >= 4 is 23.2 Å². The maximum atomic E-state index is 12.4. The lowest BCUT2D eigenvalue weighted by molar-refractivity contribution is -0.121. The summed E-state index contributed by atoms with van der Waals surface area (Å²) in [6.07, 6.45) is 0.807. The van der Waals surface area contributed by atoms with E-state index in [0.29, 0.717) is 17.0 Å². The van der Waals surface area contributed by atoms with Crippen molar-refractivity contribution < 1.29 is 14.3 Å². The fraction of sp³-hybridized carbons (Fsp3) is 0.190. The van der Waals surface area contributed by atoms with Gasteiger partial charge in [-0.25, -0.2) is 4.98 Å². The first kappa shape index (κ1) is 19.6. The molecule has 6 nitrogen and oxygen atoms in total. The van der Waals surface area contributed by atoms with Crippen LogP contribution in [0.3, 0.4) is 0 Å². The Morgan fingerprint density at radius 3 is 2.61 bits per heavy atom. The Kier molecular flexibility index (Phi) is 6.39. The number of aryl methyl sites for hydroxylation is 2. The highest BCUT2D eigenvalue weighted by molar-refractivity contribution is 7.17. The van der Waals surface area contributed by atoms with Gasteiger partial charge in [0.15, 0.2) is 0 Å². The molecule has 1 aromatic heterocycles. The van der Waals surface area contributed by atoms with Crippen molar-refractivity contribution in [3.8, 4) is 16.3 Å². The van der Waals surface area contributed by atoms with Crippen LogP contribution in [-0.2, 0) is 11.2 Å². The van der Waals surface area contributed by atoms with Gasteiger partial charge in [0.2, 0.25) is 5.91 Å². The Labute approximate surface area is 167 Å². The fourth-order valence-corrected chi connectivity index (χ4v) is 3.61. The van der Waals surface area contributed by atoms with E-state index in [4.69, 9.17) is 4.74 Å². The largest absolute Gasteiger partial charge is 0.497 e. The summed E-state index contributed by atoms with van der Waals surface area (Å²) >= 11 is 1.30. The van der Waals surface area contributed by atoms with Crippen LogP contribution in [0.25, 0.3) is 10.6 Å². The Morgan fingerprint density at radius 2 is 1.86 bits per heavy atom. The molecule has 0 aliphatic rings. The van der Waals surface area contributed by atoms with Gasteiger partial charge < -0.3 is 4.74 Å². The summed E-state index contributed by atoms with van der Waals surface area (Å²) in [7, 11) is 1.60. The van der Waals surface area contributed by atoms with Gasteiger partial charge in [-0.05, 0) is 31.0 Å². The van der Waals surface area contributed by atoms with Gasteiger partial charge >= 0.3 is 0 Å². The fourth-order valence-electron chi connectivity index (χ4n) is 2.64. The van der Waals surface area contributed by atoms with Crippen molar-refractivity contribution in [3.05, 3.63) is 70.7 Å². The van der Waals surface area contributed by atoms with Crippen LogP contribution >= 0.6 is 11.3 Å². The van der Waals surface area contributed by atoms with Crippen molar-refractivity contribution in [2.24, 2.45) is 0 Å². The quantitative estimate of drug-likeness (QED) is 0.626. The average molecular weight is 395 g/mol. The van der Waals surface area contributed by atoms with Gasteiger partial charge in [-0.1, -0.05) is 42.5 Å². The van der Waals surface area contributed by atoms with Gasteiger partial charge in [0.05, 0.1) is 12.8 Å². The Hall–Kier alpha value is -3.19. The number of nitrogens with zero attached hydrogens (tertiary/aromatic N) is 1. The van der Waals surface area contributed by atoms with Gasteiger partial charge in [-0.15, -0.1) is 11.3 Å². The van der Waals surface area contributed by atoms with Gasteiger partial charge in [0.25, 0.3) is 5.91 Å². The summed E-state index contributed by atoms with van der Waals surface area (Å²) in [6, 6.07) is 17.2. The first-order valence-corrected chi connectivity index (χ1v) is 9.63. The van der Waals surface area contributed by atoms with E-state index in [-0.39, 0.29) is 18.2 Å². The van der Waals surface area contributed by atoms with Crippen molar-refractivity contribution in [3.63, 3.8) is 0 Å². The van der Waals surface area contributed by atoms with Gasteiger partial charge in [-0.2, -0.15) is 0 Å². The molecule has 2 amide bonds. The highest BCUT2D eigenvalue weighted by Crippen LogP contribution is 2.27. The molecule has 1 heterocycles. The lowest BCUT2D eigenvalue weighted by Gasteiger charge is -2.07. The maximum absolute atomic E-state index is 12.4. The number of benzene rings is 2. The minimum atomic E-state index is -0.369. The number of thiazole rings is 1. The summed E-state index contributed by atoms with van der Waals surface area (Å²) in [5.41, 5.74) is 7.51. The smallest absolute Gasteiger partial charge is 0.281 e. The minimum absolute atomic E-state index is 0.254. The van der Waals surface area contributed by atoms with Crippen LogP contribution in [-0.4, -0.2) is 23.9 Å². The third kappa shape index (κ3) is 4.95. The number of hydrogen-bond donors (Lipinski definition) is 2. The molecule has 0 unspecified atom stereocenters. The minimum Gasteiger partial charge on any atom is -0.497 e. The summed E-state index contributed by atoms with van der Waals surface area (Å²) in [5, 5.41) is 0.771. The third-order valence-electron chi connectivity index (χ3n) is 4.11. The number of carbonyl (C=O) groups excluding carboxylic acids is 2. The van der Waals surface area contributed by atoms with E-state index >= 15 is 0 Å². The molecule has 2 aromatic carbocycles. The van der Waals surface area contributed by atoms with Gasteiger partial charge in [0, 0.05) is 12.0 Å². The molecule has 0 fully saturated rings. The third-order valence-corrected chi connectivity index (χ3v) is 5.32. The Morgan fingerprint density at radius 1 is 1.07 bits per heavy atom. The Bertz CT molecular complexity index is 970. The molecule has 0 aliphatic carbocycles. The van der Waals surface area contributed by atoms with E-state index < -0.39 is 0 Å². The molecule has 144 valence electrons. The van der Waals surface area contributed by atoms with Crippen molar-refractivity contribution in [1.29, 1.82) is 0 Å². The topological polar surface area (TPSA) is 80.3 Å². The Balaban J connectivity index is 1.53. The van der Waals surface area contributed by atoms with Gasteiger partial charge in [-0.3, -0.25) is 20.4 Å². The molecule has 0 aliphatic heterocycles. The molecule has 0 atom stereocenters. The highest BCUT2D eigenvalue weighted by Gasteiger charge is 2.16. The zero-order valence-electron chi connectivity index (χ0n) is 15.7. The number of hydrogen-bond acceptors (Lipinski definition) is 5. The molecule has 3 aromatic rings. The molecule has 0 spiro atoms. The summed E-state index contributed by atoms with van der Waals surface area (Å²) in [6.45, 7) is 1.78. The van der Waals surface area contributed by atoms with Crippen LogP contribution < -0.4 is 15.6 Å². The molecular formula is C21H21N3O3S. The van der Waals surface area contributed by atoms with Crippen molar-refractivity contribution in [1.82, 2.24) is 15.8 Å². The van der Waals surface area contributed by atoms with Crippen LogP contribution in [0.2, 0.25) is 0 Å². The molecular weight excluding hydrogens is 374 g/mol. The van der Waals surface area contributed by atoms with Crippen LogP contribution in [0.1, 0.15) is 27.3 Å². The van der Waals surface area contributed by atoms with E-state index in [1.165, 1.54) is 11.3 Å². The van der Waals surface area contributed by atoms with Crippen LogP contribution in [0.15, 0.2) is 54.6 Å². The molecule has 7 heteroatoms. The molecule has 3 rings (SSSR count). The standard InChI is InChI=1S/C21H21N3O3S/c1-14-19(28-21(22-14)16-8-4-3-5-9-16)20(26)24-23-18(25)12-11-15-7-6-10-17(13-15)27-2/h3-10,13H,11-12H2,1-2H3,(H,23,25)(H,24,26). The molecule has 28 heavy (non-hydrogen) atoms. The molecule has 0 radical (unpaired) electrons. The number of amides is 2. The number of aromatic nitrogens is 1. The van der Waals surface area contributed by atoms with Crippen molar-refractivity contribution in [2.75, 3.05) is 7.11 Å². The monoisotopic (exact) mass is 395 g/mol. The number of nitrogens with one attached hydrogen (secondary N) is 2. The average Bonchev–Trinajstić information content (AvgIpc) is 3.13. The van der Waals surface area contributed by atoms with E-state index in [2.05, 4.69) is 15.8 Å². The highest BCUT2D eigenvalue weighted by atomic mass is 32.1. The predicted molar refractivity (Wildman–Crippen MR) is 109 cm³/mol. The van der Waals surface area contributed by atoms with E-state index in [9.17, 15) is 9.59 Å². The van der Waals surface area contributed by atoms with Crippen molar-refractivity contribution in [2.45, 2.75) is 19.8 Å². The number of methoxy groups -OCH3 is 1. The summed E-state index contributed by atoms with van der Waals surface area (Å²) in [4.78, 5) is 29.4. The zero-order valence-corrected chi connectivity index (χ0v) is 16.5. The zero-order chi connectivity index (χ0) is 19.9. The molecule has 0 saturated heterocycles. The summed E-state index contributed by atoms with van der Waals surface area (Å²) < 4.78 is 5.17. The number of ether oxygens (including phenoxy) is 1. The van der Waals surface area contributed by atoms with Crippen LogP contribution in [0.4, 0.5) is 0 Å². The van der Waals surface area contributed by atoms with Crippen LogP contribution in [0.5, 0.6) is 5.75 Å². The first-order chi connectivity index (χ1) is 13.6. The molecule has 2 N–H and O–H groups in total. The van der Waals surface area contributed by atoms with Crippen LogP contribution in [0, 0.1) is 6.92 Å². The van der Waals surface area contributed by atoms with E-state index in [0.717, 1.165) is 21.9 Å². The second-order valence-electron chi connectivity index (χ2n) is 6.15.